The van der Waals surface area contributed by atoms with E-state index in [9.17, 15) is 9.59 Å². The molecular formula is C21H25N3O3. The molecule has 1 amide bonds. The van der Waals surface area contributed by atoms with Gasteiger partial charge in [0.15, 0.2) is 5.78 Å². The molecule has 27 heavy (non-hydrogen) atoms. The smallest absolute Gasteiger partial charge is 0.255 e. The summed E-state index contributed by atoms with van der Waals surface area (Å²) >= 11 is 0. The zero-order valence-electron chi connectivity index (χ0n) is 15.7. The molecule has 6 heteroatoms. The maximum absolute atomic E-state index is 12.8. The number of hydrogen-bond acceptors (Lipinski definition) is 5. The lowest BCUT2D eigenvalue weighted by Gasteiger charge is -2.33. The summed E-state index contributed by atoms with van der Waals surface area (Å²) in [7, 11) is 0. The number of Topliss-reactive ketones (excluding diaryl/α,β-unsaturated/α-hetero) is 1. The number of nitrogens with one attached hydrogen (secondary N) is 1. The normalized spacial score (nSPS) is 19.7. The van der Waals surface area contributed by atoms with E-state index in [0.29, 0.717) is 41.5 Å². The first-order chi connectivity index (χ1) is 13.1. The summed E-state index contributed by atoms with van der Waals surface area (Å²) in [5.41, 5.74) is 0.946. The Bertz CT molecular complexity index is 844. The first kappa shape index (κ1) is 17.8. The summed E-state index contributed by atoms with van der Waals surface area (Å²) in [4.78, 5) is 31.8. The van der Waals surface area contributed by atoms with E-state index in [1.807, 2.05) is 24.4 Å². The van der Waals surface area contributed by atoms with Gasteiger partial charge in [0.25, 0.3) is 5.91 Å². The van der Waals surface area contributed by atoms with E-state index < -0.39 is 0 Å². The average Bonchev–Trinajstić information content (AvgIpc) is 3.04. The van der Waals surface area contributed by atoms with Crippen molar-refractivity contribution in [2.75, 3.05) is 24.5 Å². The van der Waals surface area contributed by atoms with Gasteiger partial charge < -0.3 is 14.6 Å². The van der Waals surface area contributed by atoms with E-state index in [2.05, 4.69) is 15.2 Å². The van der Waals surface area contributed by atoms with Gasteiger partial charge in [-0.15, -0.1) is 0 Å². The fraction of sp³-hybridized carbons (Fsp3) is 0.476. The van der Waals surface area contributed by atoms with Gasteiger partial charge in [-0.3, -0.25) is 9.59 Å². The molecule has 1 fully saturated rings. The molecule has 2 aromatic heterocycles. The van der Waals surface area contributed by atoms with Crippen molar-refractivity contribution in [1.82, 2.24) is 10.3 Å². The number of carbonyl (C=O) groups is 2. The highest BCUT2D eigenvalue weighted by Crippen LogP contribution is 2.29. The number of pyridine rings is 1. The van der Waals surface area contributed by atoms with Crippen LogP contribution in [0.2, 0.25) is 0 Å². The Labute approximate surface area is 159 Å². The predicted molar refractivity (Wildman–Crippen MR) is 102 cm³/mol. The van der Waals surface area contributed by atoms with Crippen molar-refractivity contribution in [3.05, 3.63) is 47.0 Å². The molecule has 142 valence electrons. The molecular weight excluding hydrogens is 342 g/mol. The Kier molecular flexibility index (Phi) is 4.97. The van der Waals surface area contributed by atoms with Gasteiger partial charge in [-0.05, 0) is 44.2 Å². The van der Waals surface area contributed by atoms with Crippen LogP contribution in [0.25, 0.3) is 0 Å². The zero-order valence-corrected chi connectivity index (χ0v) is 15.7. The van der Waals surface area contributed by atoms with Gasteiger partial charge in [-0.1, -0.05) is 6.07 Å². The Morgan fingerprint density at radius 2 is 2.22 bits per heavy atom. The van der Waals surface area contributed by atoms with Crippen molar-refractivity contribution in [2.45, 2.75) is 39.0 Å². The molecule has 1 aliphatic carbocycles. The summed E-state index contributed by atoms with van der Waals surface area (Å²) in [6, 6.07) is 5.93. The standard InChI is InChI=1S/C21H25N3O3/c1-14-19(20-16(25)7-4-8-17(20)27-14)21(26)23-12-15-6-5-11-24(13-15)18-9-2-3-10-22-18/h2-3,9-10,15H,4-8,11-13H2,1H3,(H,23,26)/t15-/m0/s1. The molecule has 2 aliphatic rings. The molecule has 0 aromatic carbocycles. The van der Waals surface area contributed by atoms with Crippen molar-refractivity contribution in [2.24, 2.45) is 5.92 Å². The van der Waals surface area contributed by atoms with E-state index in [-0.39, 0.29) is 11.7 Å². The molecule has 0 saturated carbocycles. The Morgan fingerprint density at radius 1 is 1.33 bits per heavy atom. The summed E-state index contributed by atoms with van der Waals surface area (Å²) in [6.45, 7) is 4.22. The summed E-state index contributed by atoms with van der Waals surface area (Å²) in [5, 5.41) is 3.04. The number of fused-ring (bicyclic) bond motifs is 1. The lowest BCUT2D eigenvalue weighted by Crippen LogP contribution is -2.41. The van der Waals surface area contributed by atoms with E-state index in [0.717, 1.165) is 44.6 Å². The summed E-state index contributed by atoms with van der Waals surface area (Å²) < 4.78 is 5.70. The number of hydrogen-bond donors (Lipinski definition) is 1. The second-order valence-corrected chi connectivity index (χ2v) is 7.46. The molecule has 1 atom stereocenters. The lowest BCUT2D eigenvalue weighted by molar-refractivity contribution is 0.0922. The Morgan fingerprint density at radius 3 is 3.04 bits per heavy atom. The number of amides is 1. The number of piperidine rings is 1. The van der Waals surface area contributed by atoms with Gasteiger partial charge in [-0.2, -0.15) is 0 Å². The largest absolute Gasteiger partial charge is 0.465 e. The maximum atomic E-state index is 12.8. The monoisotopic (exact) mass is 367 g/mol. The minimum Gasteiger partial charge on any atom is -0.465 e. The van der Waals surface area contributed by atoms with Gasteiger partial charge in [0.2, 0.25) is 0 Å². The second kappa shape index (κ2) is 7.55. The number of carbonyl (C=O) groups excluding carboxylic acids is 2. The first-order valence-electron chi connectivity index (χ1n) is 9.73. The number of aromatic nitrogens is 1. The maximum Gasteiger partial charge on any atom is 0.255 e. The van der Waals surface area contributed by atoms with Crippen molar-refractivity contribution in [3.8, 4) is 0 Å². The summed E-state index contributed by atoms with van der Waals surface area (Å²) in [5.74, 6) is 2.40. The highest BCUT2D eigenvalue weighted by Gasteiger charge is 2.31. The van der Waals surface area contributed by atoms with Gasteiger partial charge in [0.1, 0.15) is 17.3 Å². The number of furan rings is 1. The van der Waals surface area contributed by atoms with Gasteiger partial charge in [-0.25, -0.2) is 4.98 Å². The summed E-state index contributed by atoms with van der Waals surface area (Å²) in [6.07, 6.45) is 5.99. The average molecular weight is 367 g/mol. The molecule has 3 heterocycles. The fourth-order valence-electron chi connectivity index (χ4n) is 4.19. The molecule has 1 saturated heterocycles. The minimum atomic E-state index is -0.192. The minimum absolute atomic E-state index is 0.0252. The van der Waals surface area contributed by atoms with Crippen LogP contribution in [0.5, 0.6) is 0 Å². The number of anilines is 1. The highest BCUT2D eigenvalue weighted by atomic mass is 16.3. The van der Waals surface area contributed by atoms with Gasteiger partial charge in [0, 0.05) is 38.7 Å². The van der Waals surface area contributed by atoms with Crippen molar-refractivity contribution in [1.29, 1.82) is 0 Å². The van der Waals surface area contributed by atoms with Gasteiger partial charge >= 0.3 is 0 Å². The van der Waals surface area contributed by atoms with Crippen molar-refractivity contribution in [3.63, 3.8) is 0 Å². The Balaban J connectivity index is 1.41. The molecule has 1 aliphatic heterocycles. The van der Waals surface area contributed by atoms with Gasteiger partial charge in [0.05, 0.1) is 11.1 Å². The predicted octanol–water partition coefficient (Wildman–Crippen LogP) is 3.15. The quantitative estimate of drug-likeness (QED) is 0.898. The van der Waals surface area contributed by atoms with E-state index in [1.165, 1.54) is 0 Å². The Hall–Kier alpha value is -2.63. The lowest BCUT2D eigenvalue weighted by atomic mass is 9.93. The van der Waals surface area contributed by atoms with Crippen LogP contribution >= 0.6 is 0 Å². The third-order valence-electron chi connectivity index (χ3n) is 5.51. The number of rotatable bonds is 4. The molecule has 4 rings (SSSR count). The third kappa shape index (κ3) is 3.61. The highest BCUT2D eigenvalue weighted by molar-refractivity contribution is 6.10. The van der Waals surface area contributed by atoms with Crippen LogP contribution in [-0.4, -0.2) is 36.3 Å². The van der Waals surface area contributed by atoms with Crippen LogP contribution in [0, 0.1) is 12.8 Å². The van der Waals surface area contributed by atoms with Crippen LogP contribution < -0.4 is 10.2 Å². The molecule has 0 radical (unpaired) electrons. The van der Waals surface area contributed by atoms with Crippen LogP contribution in [0.4, 0.5) is 5.82 Å². The van der Waals surface area contributed by atoms with E-state index in [4.69, 9.17) is 4.42 Å². The molecule has 0 unspecified atom stereocenters. The second-order valence-electron chi connectivity index (χ2n) is 7.46. The van der Waals surface area contributed by atoms with E-state index >= 15 is 0 Å². The number of ketones is 1. The van der Waals surface area contributed by atoms with Crippen molar-refractivity contribution >= 4 is 17.5 Å². The van der Waals surface area contributed by atoms with Crippen molar-refractivity contribution < 1.29 is 14.0 Å². The third-order valence-corrected chi connectivity index (χ3v) is 5.51. The van der Waals surface area contributed by atoms with Crippen LogP contribution in [0.1, 0.15) is 57.9 Å². The zero-order chi connectivity index (χ0) is 18.8. The first-order valence-corrected chi connectivity index (χ1v) is 9.73. The molecule has 1 N–H and O–H groups in total. The van der Waals surface area contributed by atoms with Crippen LogP contribution in [0.15, 0.2) is 28.8 Å². The number of aryl methyl sites for hydroxylation is 2. The topological polar surface area (TPSA) is 75.4 Å². The number of nitrogens with zero attached hydrogens (tertiary/aromatic N) is 2. The SMILES string of the molecule is Cc1oc2c(c1C(=O)NC[C@@H]1CCCN(c3ccccn3)C1)C(=O)CCC2. The molecule has 0 bridgehead atoms. The molecule has 2 aromatic rings. The molecule has 0 spiro atoms. The fourth-order valence-corrected chi connectivity index (χ4v) is 4.19. The van der Waals surface area contributed by atoms with E-state index in [1.54, 1.807) is 6.92 Å². The van der Waals surface area contributed by atoms with Crippen LogP contribution in [-0.2, 0) is 6.42 Å². The molecule has 6 nitrogen and oxygen atoms in total. The van der Waals surface area contributed by atoms with Crippen LogP contribution in [0.3, 0.4) is 0 Å².